The number of nitrogens with zero attached hydrogens (tertiary/aromatic N) is 2. The molecule has 1 atom stereocenters. The van der Waals surface area contributed by atoms with Crippen LogP contribution in [0.1, 0.15) is 35.6 Å². The van der Waals surface area contributed by atoms with E-state index in [1.165, 1.54) is 6.92 Å². The molecule has 2 aromatic carbocycles. The number of aromatic nitrogens is 2. The van der Waals surface area contributed by atoms with E-state index in [4.69, 9.17) is 9.47 Å². The van der Waals surface area contributed by atoms with Gasteiger partial charge in [0.1, 0.15) is 11.3 Å². The van der Waals surface area contributed by atoms with Gasteiger partial charge in [-0.05, 0) is 64.1 Å². The Morgan fingerprint density at radius 3 is 2.37 bits per heavy atom. The number of esters is 1. The van der Waals surface area contributed by atoms with Crippen molar-refractivity contribution < 1.29 is 19.1 Å². The molecule has 0 aliphatic heterocycles. The van der Waals surface area contributed by atoms with Crippen LogP contribution in [0, 0.1) is 13.8 Å². The predicted molar refractivity (Wildman–Crippen MR) is 114 cm³/mol. The van der Waals surface area contributed by atoms with Crippen LogP contribution in [0.4, 0.5) is 5.69 Å². The molecule has 3 aromatic rings. The van der Waals surface area contributed by atoms with E-state index in [0.29, 0.717) is 29.2 Å². The highest BCUT2D eigenvalue weighted by Gasteiger charge is 2.25. The average molecular weight is 407 g/mol. The largest absolute Gasteiger partial charge is 0.494 e. The third-order valence-corrected chi connectivity index (χ3v) is 4.58. The molecule has 1 N–H and O–H groups in total. The fraction of sp³-hybridized carbons (Fsp3) is 0.261. The lowest BCUT2D eigenvalue weighted by atomic mass is 10.2. The number of amides is 1. The van der Waals surface area contributed by atoms with Crippen molar-refractivity contribution in [3.8, 4) is 11.4 Å². The van der Waals surface area contributed by atoms with Crippen LogP contribution < -0.4 is 10.1 Å². The summed E-state index contributed by atoms with van der Waals surface area (Å²) in [6.45, 7) is 7.55. The van der Waals surface area contributed by atoms with Crippen LogP contribution >= 0.6 is 0 Å². The van der Waals surface area contributed by atoms with Crippen LogP contribution in [0.15, 0.2) is 54.6 Å². The molecule has 1 aromatic heterocycles. The van der Waals surface area contributed by atoms with E-state index in [0.717, 1.165) is 11.4 Å². The Morgan fingerprint density at radius 2 is 1.73 bits per heavy atom. The maximum atomic E-state index is 12.7. The minimum atomic E-state index is -0.969. The standard InChI is InChI=1S/C23H25N3O4/c1-5-29-20-13-11-18(12-14-20)24-22(27)17(4)30-23(28)21-15(2)25-26(16(21)3)19-9-7-6-8-10-19/h6-14,17H,5H2,1-4H3,(H,24,27). The molecule has 7 heteroatoms. The molecule has 0 spiro atoms. The molecule has 3 rings (SSSR count). The number of benzene rings is 2. The number of carbonyl (C=O) groups is 2. The third kappa shape index (κ3) is 4.68. The molecule has 1 heterocycles. The van der Waals surface area contributed by atoms with Crippen LogP contribution in [0.25, 0.3) is 5.69 Å². The van der Waals surface area contributed by atoms with E-state index in [1.54, 1.807) is 42.8 Å². The van der Waals surface area contributed by atoms with E-state index in [2.05, 4.69) is 10.4 Å². The van der Waals surface area contributed by atoms with Crippen molar-refractivity contribution in [3.63, 3.8) is 0 Å². The Hall–Kier alpha value is -3.61. The SMILES string of the molecule is CCOc1ccc(NC(=O)C(C)OC(=O)c2c(C)nn(-c3ccccc3)c2C)cc1. The molecule has 0 saturated heterocycles. The highest BCUT2D eigenvalue weighted by atomic mass is 16.5. The normalized spacial score (nSPS) is 11.6. The van der Waals surface area contributed by atoms with Gasteiger partial charge in [-0.1, -0.05) is 18.2 Å². The predicted octanol–water partition coefficient (Wildman–Crippen LogP) is 4.07. The van der Waals surface area contributed by atoms with Crippen LogP contribution in [-0.2, 0) is 9.53 Å². The highest BCUT2D eigenvalue weighted by Crippen LogP contribution is 2.20. The van der Waals surface area contributed by atoms with Crippen molar-refractivity contribution in [3.05, 3.63) is 71.5 Å². The van der Waals surface area contributed by atoms with Gasteiger partial charge in [0, 0.05) is 5.69 Å². The minimum absolute atomic E-state index is 0.361. The first-order valence-corrected chi connectivity index (χ1v) is 9.77. The molecule has 156 valence electrons. The summed E-state index contributed by atoms with van der Waals surface area (Å²) in [5, 5.41) is 7.18. The summed E-state index contributed by atoms with van der Waals surface area (Å²) in [6, 6.07) is 16.5. The summed E-state index contributed by atoms with van der Waals surface area (Å²) in [5.41, 5.74) is 3.00. The van der Waals surface area contributed by atoms with Gasteiger partial charge in [-0.25, -0.2) is 9.48 Å². The van der Waals surface area contributed by atoms with Gasteiger partial charge < -0.3 is 14.8 Å². The number of anilines is 1. The van der Waals surface area contributed by atoms with Crippen LogP contribution in [0.3, 0.4) is 0 Å². The number of hydrogen-bond acceptors (Lipinski definition) is 5. The zero-order valence-electron chi connectivity index (χ0n) is 17.5. The second kappa shape index (κ2) is 9.26. The quantitative estimate of drug-likeness (QED) is 0.597. The summed E-state index contributed by atoms with van der Waals surface area (Å²) in [6.07, 6.45) is -0.969. The first kappa shape index (κ1) is 21.1. The van der Waals surface area contributed by atoms with Gasteiger partial charge in [0.2, 0.25) is 0 Å². The van der Waals surface area contributed by atoms with Gasteiger partial charge >= 0.3 is 5.97 Å². The topological polar surface area (TPSA) is 82.4 Å². The lowest BCUT2D eigenvalue weighted by Gasteiger charge is -2.14. The first-order valence-electron chi connectivity index (χ1n) is 9.77. The Kier molecular flexibility index (Phi) is 6.51. The minimum Gasteiger partial charge on any atom is -0.494 e. The van der Waals surface area contributed by atoms with Gasteiger partial charge in [-0.3, -0.25) is 4.79 Å². The number of rotatable bonds is 7. The summed E-state index contributed by atoms with van der Waals surface area (Å²) in [7, 11) is 0. The monoisotopic (exact) mass is 407 g/mol. The highest BCUT2D eigenvalue weighted by molar-refractivity contribution is 5.98. The van der Waals surface area contributed by atoms with Crippen molar-refractivity contribution in [1.82, 2.24) is 9.78 Å². The van der Waals surface area contributed by atoms with E-state index >= 15 is 0 Å². The van der Waals surface area contributed by atoms with Gasteiger partial charge in [0.15, 0.2) is 6.10 Å². The van der Waals surface area contributed by atoms with E-state index < -0.39 is 18.0 Å². The molecule has 0 saturated carbocycles. The molecular formula is C23H25N3O4. The first-order chi connectivity index (χ1) is 14.4. The van der Waals surface area contributed by atoms with Crippen LogP contribution in [0.5, 0.6) is 5.75 Å². The fourth-order valence-electron chi connectivity index (χ4n) is 3.08. The van der Waals surface area contributed by atoms with Crippen molar-refractivity contribution in [2.24, 2.45) is 0 Å². The summed E-state index contributed by atoms with van der Waals surface area (Å²) in [5.74, 6) is -0.281. The Bertz CT molecular complexity index is 1030. The molecule has 1 unspecified atom stereocenters. The lowest BCUT2D eigenvalue weighted by Crippen LogP contribution is -2.30. The van der Waals surface area contributed by atoms with Gasteiger partial charge in [0.25, 0.3) is 5.91 Å². The van der Waals surface area contributed by atoms with Gasteiger partial charge in [0.05, 0.1) is 23.7 Å². The molecule has 1 amide bonds. The number of hydrogen-bond donors (Lipinski definition) is 1. The summed E-state index contributed by atoms with van der Waals surface area (Å²) in [4.78, 5) is 25.2. The maximum absolute atomic E-state index is 12.7. The molecule has 0 aliphatic carbocycles. The zero-order valence-corrected chi connectivity index (χ0v) is 17.5. The van der Waals surface area contributed by atoms with E-state index in [-0.39, 0.29) is 0 Å². The Labute approximate surface area is 175 Å². The van der Waals surface area contributed by atoms with E-state index in [9.17, 15) is 9.59 Å². The van der Waals surface area contributed by atoms with Crippen molar-refractivity contribution in [2.45, 2.75) is 33.8 Å². The molecule has 30 heavy (non-hydrogen) atoms. The van der Waals surface area contributed by atoms with Crippen LogP contribution in [-0.4, -0.2) is 34.4 Å². The lowest BCUT2D eigenvalue weighted by molar-refractivity contribution is -0.123. The zero-order chi connectivity index (χ0) is 21.7. The molecule has 0 bridgehead atoms. The average Bonchev–Trinajstić information content (AvgIpc) is 3.04. The smallest absolute Gasteiger partial charge is 0.342 e. The van der Waals surface area contributed by atoms with Crippen molar-refractivity contribution in [1.29, 1.82) is 0 Å². The van der Waals surface area contributed by atoms with Gasteiger partial charge in [-0.15, -0.1) is 0 Å². The second-order valence-electron chi connectivity index (χ2n) is 6.79. The Balaban J connectivity index is 1.68. The number of ether oxygens (including phenoxy) is 2. The Morgan fingerprint density at radius 1 is 1.07 bits per heavy atom. The van der Waals surface area contributed by atoms with Crippen molar-refractivity contribution in [2.75, 3.05) is 11.9 Å². The molecule has 0 radical (unpaired) electrons. The summed E-state index contributed by atoms with van der Waals surface area (Å²) >= 11 is 0. The number of nitrogens with one attached hydrogen (secondary N) is 1. The maximum Gasteiger partial charge on any atom is 0.342 e. The molecular weight excluding hydrogens is 382 g/mol. The van der Waals surface area contributed by atoms with Gasteiger partial charge in [-0.2, -0.15) is 5.10 Å². The van der Waals surface area contributed by atoms with E-state index in [1.807, 2.05) is 37.3 Å². The van der Waals surface area contributed by atoms with Crippen LogP contribution in [0.2, 0.25) is 0 Å². The molecule has 7 nitrogen and oxygen atoms in total. The third-order valence-electron chi connectivity index (χ3n) is 4.58. The molecule has 0 aliphatic rings. The number of carbonyl (C=O) groups excluding carboxylic acids is 2. The number of aryl methyl sites for hydroxylation is 1. The number of para-hydroxylation sites is 1. The summed E-state index contributed by atoms with van der Waals surface area (Å²) < 4.78 is 12.5. The van der Waals surface area contributed by atoms with Crippen molar-refractivity contribution >= 4 is 17.6 Å². The fourth-order valence-corrected chi connectivity index (χ4v) is 3.08. The molecule has 0 fully saturated rings. The second-order valence-corrected chi connectivity index (χ2v) is 6.79.